The maximum atomic E-state index is 5.44. The van der Waals surface area contributed by atoms with Gasteiger partial charge in [-0.2, -0.15) is 0 Å². The molecule has 0 heterocycles. The van der Waals surface area contributed by atoms with E-state index in [-0.39, 0.29) is 0 Å². The van der Waals surface area contributed by atoms with Crippen LogP contribution < -0.4 is 5.73 Å². The molecule has 0 aromatic carbocycles. The van der Waals surface area contributed by atoms with E-state index in [1.807, 2.05) is 0 Å². The topological polar surface area (TPSA) is 62.9 Å². The highest BCUT2D eigenvalue weighted by atomic mass is 28.4. The molecule has 0 aromatic heterocycles. The fourth-order valence-corrected chi connectivity index (χ4v) is 3.54. The van der Waals surface area contributed by atoms with Gasteiger partial charge in [-0.1, -0.05) is 12.8 Å². The predicted octanol–water partition coefficient (Wildman–Crippen LogP) is 1.79. The van der Waals surface area contributed by atoms with Gasteiger partial charge in [-0.15, -0.1) is 0 Å². The summed E-state index contributed by atoms with van der Waals surface area (Å²) >= 11 is 0. The van der Waals surface area contributed by atoms with Gasteiger partial charge in [0.25, 0.3) is 0 Å². The first-order valence-electron chi connectivity index (χ1n) is 6.68. The minimum Gasteiger partial charge on any atom is -0.381 e. The monoisotopic (exact) mass is 279 g/mol. The van der Waals surface area contributed by atoms with Crippen molar-refractivity contribution in [1.29, 1.82) is 0 Å². The van der Waals surface area contributed by atoms with Crippen molar-refractivity contribution in [2.75, 3.05) is 41.1 Å². The molecule has 110 valence electrons. The fraction of sp³-hybridized carbons (Fsp3) is 1.00. The Morgan fingerprint density at radius 1 is 0.778 bits per heavy atom. The van der Waals surface area contributed by atoms with Crippen LogP contribution in [-0.2, 0) is 18.0 Å². The van der Waals surface area contributed by atoms with Crippen LogP contribution in [0.4, 0.5) is 0 Å². The van der Waals surface area contributed by atoms with E-state index in [1.54, 1.807) is 21.3 Å². The lowest BCUT2D eigenvalue weighted by Gasteiger charge is -2.24. The number of ether oxygens (including phenoxy) is 1. The van der Waals surface area contributed by atoms with Crippen LogP contribution in [0.25, 0.3) is 0 Å². The van der Waals surface area contributed by atoms with Gasteiger partial charge in [0.1, 0.15) is 0 Å². The zero-order chi connectivity index (χ0) is 13.7. The Balaban J connectivity index is 3.38. The molecule has 0 aliphatic heterocycles. The van der Waals surface area contributed by atoms with Gasteiger partial charge in [0, 0.05) is 40.6 Å². The van der Waals surface area contributed by atoms with E-state index in [0.717, 1.165) is 44.9 Å². The third kappa shape index (κ3) is 8.18. The first kappa shape index (κ1) is 18.0. The Kier molecular flexibility index (Phi) is 12.1. The minimum atomic E-state index is -2.35. The lowest BCUT2D eigenvalue weighted by Crippen LogP contribution is -2.42. The second-order valence-electron chi connectivity index (χ2n) is 4.21. The minimum absolute atomic E-state index is 0.706. The van der Waals surface area contributed by atoms with Crippen molar-refractivity contribution in [2.24, 2.45) is 5.73 Å². The molecule has 2 N–H and O–H groups in total. The number of hydrogen-bond acceptors (Lipinski definition) is 5. The molecule has 0 radical (unpaired) electrons. The Morgan fingerprint density at radius 3 is 1.89 bits per heavy atom. The maximum Gasteiger partial charge on any atom is 0.500 e. The molecule has 0 aromatic rings. The van der Waals surface area contributed by atoms with E-state index in [2.05, 4.69) is 0 Å². The highest BCUT2D eigenvalue weighted by molar-refractivity contribution is 6.60. The molecule has 5 nitrogen and oxygen atoms in total. The summed E-state index contributed by atoms with van der Waals surface area (Å²) in [6.45, 7) is 2.32. The Labute approximate surface area is 112 Å². The van der Waals surface area contributed by atoms with Crippen molar-refractivity contribution in [3.05, 3.63) is 0 Å². The summed E-state index contributed by atoms with van der Waals surface area (Å²) in [4.78, 5) is 0. The number of unbranched alkanes of at least 4 members (excludes halogenated alkanes) is 3. The summed E-state index contributed by atoms with van der Waals surface area (Å²) in [7, 11) is 2.62. The van der Waals surface area contributed by atoms with Crippen molar-refractivity contribution in [1.82, 2.24) is 0 Å². The lowest BCUT2D eigenvalue weighted by atomic mass is 10.2. The highest BCUT2D eigenvalue weighted by Gasteiger charge is 2.36. The molecule has 0 unspecified atom stereocenters. The first-order valence-corrected chi connectivity index (χ1v) is 8.61. The summed E-state index contributed by atoms with van der Waals surface area (Å²) in [6.07, 6.45) is 5.45. The van der Waals surface area contributed by atoms with Crippen LogP contribution >= 0.6 is 0 Å². The van der Waals surface area contributed by atoms with Gasteiger partial charge in [0.15, 0.2) is 0 Å². The molecule has 0 bridgehead atoms. The van der Waals surface area contributed by atoms with Crippen LogP contribution in [-0.4, -0.2) is 49.9 Å². The molecule has 6 heteroatoms. The van der Waals surface area contributed by atoms with E-state index in [4.69, 9.17) is 23.7 Å². The SMILES string of the molecule is CO[Si](CCCCCCOCCCN)(OC)OC. The van der Waals surface area contributed by atoms with Crippen LogP contribution in [0.1, 0.15) is 32.1 Å². The summed E-state index contributed by atoms with van der Waals surface area (Å²) in [5.74, 6) is 0. The largest absolute Gasteiger partial charge is 0.500 e. The predicted molar refractivity (Wildman–Crippen MR) is 74.5 cm³/mol. The number of rotatable bonds is 13. The zero-order valence-corrected chi connectivity index (χ0v) is 13.1. The van der Waals surface area contributed by atoms with Gasteiger partial charge < -0.3 is 23.7 Å². The van der Waals surface area contributed by atoms with Crippen molar-refractivity contribution in [2.45, 2.75) is 38.1 Å². The third-order valence-electron chi connectivity index (χ3n) is 2.95. The van der Waals surface area contributed by atoms with E-state index in [1.165, 1.54) is 6.42 Å². The molecule has 18 heavy (non-hydrogen) atoms. The zero-order valence-electron chi connectivity index (χ0n) is 12.1. The second kappa shape index (κ2) is 12.1. The number of nitrogens with two attached hydrogens (primary N) is 1. The molecule has 0 atom stereocenters. The normalized spacial score (nSPS) is 12.0. The van der Waals surface area contributed by atoms with Gasteiger partial charge in [-0.25, -0.2) is 0 Å². The van der Waals surface area contributed by atoms with Crippen molar-refractivity contribution in [3.8, 4) is 0 Å². The van der Waals surface area contributed by atoms with Crippen LogP contribution in [0.5, 0.6) is 0 Å². The molecular formula is C12H29NO4Si. The van der Waals surface area contributed by atoms with E-state index in [0.29, 0.717) is 6.54 Å². The molecular weight excluding hydrogens is 250 g/mol. The van der Waals surface area contributed by atoms with Gasteiger partial charge in [0.2, 0.25) is 0 Å². The molecule has 0 spiro atoms. The van der Waals surface area contributed by atoms with Gasteiger partial charge >= 0.3 is 8.80 Å². The first-order chi connectivity index (χ1) is 8.74. The molecule has 0 fully saturated rings. The standard InChI is InChI=1S/C12H29NO4Si/c1-14-18(15-2,16-3)12-7-5-4-6-10-17-11-8-9-13/h4-13H2,1-3H3. The molecule has 0 saturated carbocycles. The van der Waals surface area contributed by atoms with Crippen molar-refractivity contribution < 1.29 is 18.0 Å². The van der Waals surface area contributed by atoms with E-state index in [9.17, 15) is 0 Å². The molecule has 0 aliphatic rings. The average molecular weight is 279 g/mol. The van der Waals surface area contributed by atoms with E-state index < -0.39 is 8.80 Å². The Bertz CT molecular complexity index is 171. The van der Waals surface area contributed by atoms with E-state index >= 15 is 0 Å². The van der Waals surface area contributed by atoms with Crippen LogP contribution in [0.3, 0.4) is 0 Å². The second-order valence-corrected chi connectivity index (χ2v) is 7.30. The maximum absolute atomic E-state index is 5.44. The van der Waals surface area contributed by atoms with Gasteiger partial charge in [-0.05, 0) is 25.8 Å². The fourth-order valence-electron chi connectivity index (χ4n) is 1.74. The summed E-state index contributed by atoms with van der Waals surface area (Å²) < 4.78 is 21.5. The van der Waals surface area contributed by atoms with Crippen molar-refractivity contribution >= 4 is 8.80 Å². The smallest absolute Gasteiger partial charge is 0.381 e. The van der Waals surface area contributed by atoms with Crippen LogP contribution in [0, 0.1) is 0 Å². The molecule has 0 amide bonds. The Hall–Kier alpha value is 0.0169. The third-order valence-corrected chi connectivity index (χ3v) is 5.78. The summed E-state index contributed by atoms with van der Waals surface area (Å²) in [5.41, 5.74) is 5.38. The average Bonchev–Trinajstić information content (AvgIpc) is 2.42. The molecule has 0 rings (SSSR count). The van der Waals surface area contributed by atoms with Crippen molar-refractivity contribution in [3.63, 3.8) is 0 Å². The quantitative estimate of drug-likeness (QED) is 0.411. The summed E-state index contributed by atoms with van der Waals surface area (Å²) in [6, 6.07) is 0.879. The van der Waals surface area contributed by atoms with Crippen LogP contribution in [0.15, 0.2) is 0 Å². The van der Waals surface area contributed by atoms with Gasteiger partial charge in [-0.3, -0.25) is 0 Å². The molecule has 0 saturated heterocycles. The highest BCUT2D eigenvalue weighted by Crippen LogP contribution is 2.17. The summed E-state index contributed by atoms with van der Waals surface area (Å²) in [5, 5.41) is 0. The van der Waals surface area contributed by atoms with Gasteiger partial charge in [0.05, 0.1) is 0 Å². The number of hydrogen-bond donors (Lipinski definition) is 1. The lowest BCUT2D eigenvalue weighted by molar-refractivity contribution is 0.121. The molecule has 0 aliphatic carbocycles. The Morgan fingerprint density at radius 2 is 1.33 bits per heavy atom. The van der Waals surface area contributed by atoms with Crippen LogP contribution in [0.2, 0.25) is 6.04 Å².